The molecule has 2 N–H and O–H groups in total. The Morgan fingerprint density at radius 3 is 2.54 bits per heavy atom. The highest BCUT2D eigenvalue weighted by Gasteiger charge is 2.19. The molecule has 2 aromatic carbocycles. The van der Waals surface area contributed by atoms with Crippen molar-refractivity contribution in [3.05, 3.63) is 75.4 Å². The van der Waals surface area contributed by atoms with Gasteiger partial charge < -0.3 is 9.84 Å². The number of aromatic nitrogens is 1. The molecule has 1 aromatic heterocycles. The van der Waals surface area contributed by atoms with E-state index >= 15 is 4.39 Å². The van der Waals surface area contributed by atoms with E-state index in [1.165, 1.54) is 6.92 Å². The molecule has 10 heteroatoms. The van der Waals surface area contributed by atoms with Gasteiger partial charge in [0, 0.05) is 39.8 Å². The Labute approximate surface area is 216 Å². The number of rotatable bonds is 11. The number of aliphatic carboxylic acids is 1. The lowest BCUT2D eigenvalue weighted by atomic mass is 10.0. The zero-order valence-electron chi connectivity index (χ0n) is 20.6. The Morgan fingerprint density at radius 1 is 1.19 bits per heavy atom. The largest absolute Gasteiger partial charge is 0.478 e. The molecule has 0 bridgehead atoms. The van der Waals surface area contributed by atoms with Crippen LogP contribution in [-0.4, -0.2) is 28.6 Å². The molecule has 0 fully saturated rings. The smallest absolute Gasteiger partial charge is 0.331 e. The van der Waals surface area contributed by atoms with Crippen LogP contribution in [0.1, 0.15) is 67.6 Å². The van der Waals surface area contributed by atoms with E-state index in [0.29, 0.717) is 17.9 Å². The van der Waals surface area contributed by atoms with E-state index in [-0.39, 0.29) is 21.8 Å². The summed E-state index contributed by atoms with van der Waals surface area (Å²) in [5.41, 5.74) is -0.226. The number of halogens is 3. The highest BCUT2D eigenvalue weighted by atomic mass is 32.1. The van der Waals surface area contributed by atoms with Crippen molar-refractivity contribution in [2.24, 2.45) is 0 Å². The number of carboxylic acids is 1. The van der Waals surface area contributed by atoms with E-state index in [1.54, 1.807) is 30.5 Å². The number of hydrogen-bond donors (Lipinski definition) is 2. The predicted molar refractivity (Wildman–Crippen MR) is 137 cm³/mol. The lowest BCUT2D eigenvalue weighted by molar-refractivity contribution is -0.132. The number of unbranched alkanes of at least 4 members (excludes halogenated alkanes) is 2. The first-order chi connectivity index (χ1) is 17.6. The van der Waals surface area contributed by atoms with Gasteiger partial charge in [-0.3, -0.25) is 10.1 Å². The number of carbonyl (C=O) groups excluding carboxylic acids is 1. The van der Waals surface area contributed by atoms with Gasteiger partial charge in [-0.05, 0) is 44.5 Å². The molecular weight excluding hydrogens is 505 g/mol. The SMILES string of the molecule is CCCCCOC(C)c1cccc(-c2csc(NC(=O)c3cc(F)c(/C=C(\C)C(=O)O)c(F)c3)n2)c1F. The van der Waals surface area contributed by atoms with Crippen LogP contribution in [0.5, 0.6) is 0 Å². The van der Waals surface area contributed by atoms with Crippen molar-refractivity contribution in [2.45, 2.75) is 46.1 Å². The van der Waals surface area contributed by atoms with E-state index in [2.05, 4.69) is 17.2 Å². The summed E-state index contributed by atoms with van der Waals surface area (Å²) in [5.74, 6) is -4.80. The summed E-state index contributed by atoms with van der Waals surface area (Å²) in [6.07, 6.45) is 3.39. The molecule has 0 aliphatic heterocycles. The fourth-order valence-corrected chi connectivity index (χ4v) is 4.22. The third kappa shape index (κ3) is 7.05. The van der Waals surface area contributed by atoms with Crippen LogP contribution in [0.4, 0.5) is 18.3 Å². The fraction of sp³-hybridized carbons (Fsp3) is 0.296. The zero-order valence-corrected chi connectivity index (χ0v) is 21.4. The number of carbonyl (C=O) groups is 2. The van der Waals surface area contributed by atoms with E-state index in [0.717, 1.165) is 48.8 Å². The van der Waals surface area contributed by atoms with E-state index in [1.807, 2.05) is 0 Å². The van der Waals surface area contributed by atoms with Crippen LogP contribution in [0.15, 0.2) is 41.3 Å². The summed E-state index contributed by atoms with van der Waals surface area (Å²) in [6, 6.07) is 6.53. The second-order valence-corrected chi connectivity index (χ2v) is 9.27. The van der Waals surface area contributed by atoms with Gasteiger partial charge in [0.05, 0.1) is 11.8 Å². The van der Waals surface area contributed by atoms with Crippen molar-refractivity contribution in [3.63, 3.8) is 0 Å². The Balaban J connectivity index is 1.76. The summed E-state index contributed by atoms with van der Waals surface area (Å²) in [7, 11) is 0. The first kappa shape index (κ1) is 28.1. The second-order valence-electron chi connectivity index (χ2n) is 8.41. The quantitative estimate of drug-likeness (QED) is 0.201. The molecule has 0 saturated heterocycles. The van der Waals surface area contributed by atoms with Crippen molar-refractivity contribution in [2.75, 3.05) is 11.9 Å². The number of anilines is 1. The van der Waals surface area contributed by atoms with Gasteiger partial charge in [0.2, 0.25) is 0 Å². The number of carboxylic acid groups (broad SMARTS) is 1. The number of nitrogens with one attached hydrogen (secondary N) is 1. The molecule has 1 heterocycles. The Kier molecular flexibility index (Phi) is 9.60. The van der Waals surface area contributed by atoms with Gasteiger partial charge in [0.25, 0.3) is 5.91 Å². The molecular formula is C27H27F3N2O4S. The van der Waals surface area contributed by atoms with Crippen LogP contribution < -0.4 is 5.32 Å². The summed E-state index contributed by atoms with van der Waals surface area (Å²) in [4.78, 5) is 27.8. The summed E-state index contributed by atoms with van der Waals surface area (Å²) < 4.78 is 49.8. The minimum absolute atomic E-state index is 0.111. The molecule has 196 valence electrons. The average molecular weight is 533 g/mol. The van der Waals surface area contributed by atoms with Crippen molar-refractivity contribution in [1.82, 2.24) is 4.98 Å². The monoisotopic (exact) mass is 532 g/mol. The summed E-state index contributed by atoms with van der Waals surface area (Å²) in [6.45, 7) is 5.60. The first-order valence-electron chi connectivity index (χ1n) is 11.7. The molecule has 1 amide bonds. The minimum atomic E-state index is -1.32. The maximum atomic E-state index is 15.3. The lowest BCUT2D eigenvalue weighted by Crippen LogP contribution is -2.13. The molecule has 0 aliphatic carbocycles. The average Bonchev–Trinajstić information content (AvgIpc) is 3.31. The lowest BCUT2D eigenvalue weighted by Gasteiger charge is -2.15. The molecule has 6 nitrogen and oxygen atoms in total. The zero-order chi connectivity index (χ0) is 27.1. The van der Waals surface area contributed by atoms with Crippen molar-refractivity contribution >= 4 is 34.4 Å². The maximum absolute atomic E-state index is 15.3. The van der Waals surface area contributed by atoms with Crippen LogP contribution >= 0.6 is 11.3 Å². The van der Waals surface area contributed by atoms with E-state index in [4.69, 9.17) is 9.84 Å². The third-order valence-corrected chi connectivity index (χ3v) is 6.38. The molecule has 0 spiro atoms. The standard InChI is InChI=1S/C27H27F3N2O4S/c1-4-5-6-10-36-16(3)18-8-7-9-19(24(18)30)23-14-37-27(31-23)32-25(33)17-12-21(28)20(22(29)13-17)11-15(2)26(34)35/h7-9,11-14,16H,4-6,10H2,1-3H3,(H,34,35)(H,31,32,33)/b15-11+. The fourth-order valence-electron chi connectivity index (χ4n) is 3.52. The highest BCUT2D eigenvalue weighted by molar-refractivity contribution is 7.14. The number of nitrogens with zero attached hydrogens (tertiary/aromatic N) is 1. The minimum Gasteiger partial charge on any atom is -0.478 e. The van der Waals surface area contributed by atoms with Crippen LogP contribution in [0.25, 0.3) is 17.3 Å². The number of ether oxygens (including phenoxy) is 1. The van der Waals surface area contributed by atoms with Crippen molar-refractivity contribution in [1.29, 1.82) is 0 Å². The van der Waals surface area contributed by atoms with Gasteiger partial charge in [-0.1, -0.05) is 31.9 Å². The van der Waals surface area contributed by atoms with Gasteiger partial charge in [-0.15, -0.1) is 11.3 Å². The van der Waals surface area contributed by atoms with Crippen molar-refractivity contribution < 1.29 is 32.6 Å². The van der Waals surface area contributed by atoms with E-state index in [9.17, 15) is 18.4 Å². The van der Waals surface area contributed by atoms with Crippen LogP contribution in [0.3, 0.4) is 0 Å². The molecule has 0 saturated carbocycles. The van der Waals surface area contributed by atoms with Crippen LogP contribution in [0, 0.1) is 17.5 Å². The van der Waals surface area contributed by atoms with Gasteiger partial charge in [0.15, 0.2) is 5.13 Å². The Bertz CT molecular complexity index is 1300. The Hall–Kier alpha value is -3.50. The van der Waals surface area contributed by atoms with Gasteiger partial charge in [0.1, 0.15) is 17.5 Å². The topological polar surface area (TPSA) is 88.5 Å². The summed E-state index contributed by atoms with van der Waals surface area (Å²) >= 11 is 1.03. The molecule has 0 radical (unpaired) electrons. The molecule has 3 rings (SSSR count). The van der Waals surface area contributed by atoms with Gasteiger partial charge in [-0.25, -0.2) is 22.9 Å². The molecule has 1 unspecified atom stereocenters. The number of thiazole rings is 1. The maximum Gasteiger partial charge on any atom is 0.331 e. The Morgan fingerprint density at radius 2 is 1.89 bits per heavy atom. The number of amides is 1. The van der Waals surface area contributed by atoms with E-state index < -0.39 is 41.0 Å². The second kappa shape index (κ2) is 12.6. The normalized spacial score (nSPS) is 12.4. The molecule has 37 heavy (non-hydrogen) atoms. The van der Waals surface area contributed by atoms with Gasteiger partial charge >= 0.3 is 5.97 Å². The molecule has 1 atom stereocenters. The van der Waals surface area contributed by atoms with Crippen LogP contribution in [0.2, 0.25) is 0 Å². The number of benzene rings is 2. The van der Waals surface area contributed by atoms with Crippen molar-refractivity contribution in [3.8, 4) is 11.3 Å². The van der Waals surface area contributed by atoms with Gasteiger partial charge in [-0.2, -0.15) is 0 Å². The molecule has 3 aromatic rings. The highest BCUT2D eigenvalue weighted by Crippen LogP contribution is 2.32. The number of hydrogen-bond acceptors (Lipinski definition) is 5. The summed E-state index contributed by atoms with van der Waals surface area (Å²) in [5, 5.41) is 13.0. The van der Waals surface area contributed by atoms with Crippen LogP contribution in [-0.2, 0) is 9.53 Å². The molecule has 0 aliphatic rings. The first-order valence-corrected chi connectivity index (χ1v) is 12.6. The predicted octanol–water partition coefficient (Wildman–Crippen LogP) is 7.24. The third-order valence-electron chi connectivity index (χ3n) is 5.62.